The third-order valence-electron chi connectivity index (χ3n) is 1.21. The maximum atomic E-state index is 10.1. The molecule has 0 radical (unpaired) electrons. The van der Waals surface area contributed by atoms with Gasteiger partial charge in [0.25, 0.3) is 0 Å². The molecule has 1 aromatic carbocycles. The van der Waals surface area contributed by atoms with Crippen LogP contribution in [0.3, 0.4) is 0 Å². The van der Waals surface area contributed by atoms with Gasteiger partial charge in [-0.1, -0.05) is 52.4 Å². The van der Waals surface area contributed by atoms with Crippen molar-refractivity contribution in [2.45, 2.75) is 6.92 Å². The molecule has 0 amide bonds. The molecule has 0 N–H and O–H groups in total. The van der Waals surface area contributed by atoms with Gasteiger partial charge in [0.15, 0.2) is 0 Å². The largest absolute Gasteiger partial charge is 0.298 e. The van der Waals surface area contributed by atoms with Crippen LogP contribution in [0.5, 0.6) is 0 Å². The third-order valence-corrected chi connectivity index (χ3v) is 1.21. The number of carbonyl (C=O) groups is 1. The highest BCUT2D eigenvalue weighted by atomic mass is 127. The van der Waals surface area contributed by atoms with Crippen LogP contribution in [0.15, 0.2) is 24.3 Å². The summed E-state index contributed by atoms with van der Waals surface area (Å²) < 4.78 is 0. The van der Waals surface area contributed by atoms with Gasteiger partial charge in [0, 0.05) is 5.56 Å². The van der Waals surface area contributed by atoms with Crippen molar-refractivity contribution < 1.29 is 4.79 Å². The summed E-state index contributed by atoms with van der Waals surface area (Å²) in [7, 11) is 0. The average molecular weight is 262 g/mol. The summed E-state index contributed by atoms with van der Waals surface area (Å²) in [5.74, 6) is 0. The van der Waals surface area contributed by atoms with Gasteiger partial charge in [-0.25, -0.2) is 0 Å². The summed E-state index contributed by atoms with van der Waals surface area (Å²) in [4.78, 5) is 12.1. The van der Waals surface area contributed by atoms with E-state index in [0.29, 0.717) is 0 Å². The van der Waals surface area contributed by atoms with Gasteiger partial charge in [0.05, 0.1) is 0 Å². The smallest absolute Gasteiger partial charge is 0.150 e. The molecule has 0 aliphatic carbocycles. The first kappa shape index (κ1) is 10.6. The molecular weight excluding hydrogens is 251 g/mol. The molecule has 0 saturated carbocycles. The van der Waals surface area contributed by atoms with Crippen LogP contribution in [0, 0.1) is 6.92 Å². The molecule has 0 unspecified atom stereocenters. The van der Waals surface area contributed by atoms with Crippen LogP contribution in [-0.2, 0) is 0 Å². The predicted octanol–water partition coefficient (Wildman–Crippen LogP) is 2.86. The Morgan fingerprint density at radius 1 is 1.18 bits per heavy atom. The van der Waals surface area contributed by atoms with Crippen LogP contribution in [0.1, 0.15) is 15.9 Å². The van der Waals surface area contributed by atoms with E-state index in [0.717, 1.165) is 11.8 Å². The molecule has 0 bridgehead atoms. The fraction of sp³-hybridized carbons (Fsp3) is 0.222. The molecule has 2 heteroatoms. The summed E-state index contributed by atoms with van der Waals surface area (Å²) in [5, 5.41) is 0. The van der Waals surface area contributed by atoms with E-state index >= 15 is 0 Å². The van der Waals surface area contributed by atoms with E-state index in [1.807, 2.05) is 36.1 Å². The van der Waals surface area contributed by atoms with Crippen molar-refractivity contribution in [2.24, 2.45) is 0 Å². The maximum Gasteiger partial charge on any atom is 0.150 e. The number of aryl methyl sites for hydroxylation is 1. The number of hydrogen-bond donors (Lipinski definition) is 0. The van der Waals surface area contributed by atoms with E-state index in [1.54, 1.807) is 0 Å². The summed E-state index contributed by atoms with van der Waals surface area (Å²) in [6.07, 6.45) is 0.847. The summed E-state index contributed by atoms with van der Waals surface area (Å²) in [5.41, 5.74) is 1.92. The Bertz CT molecular complexity index is 203. The summed E-state index contributed by atoms with van der Waals surface area (Å²) >= 11 is 2.15. The number of hydrogen-bond acceptors (Lipinski definition) is 1. The third kappa shape index (κ3) is 4.14. The quantitative estimate of drug-likeness (QED) is 0.432. The minimum atomic E-state index is 0.737. The second-order valence-electron chi connectivity index (χ2n) is 2.03. The zero-order chi connectivity index (χ0) is 8.69. The van der Waals surface area contributed by atoms with Gasteiger partial charge >= 0.3 is 0 Å². The van der Waals surface area contributed by atoms with Crippen LogP contribution < -0.4 is 0 Å². The molecule has 0 fully saturated rings. The standard InChI is InChI=1S/C8H8O.CH3I/c1-7-2-4-8(6-9)5-3-7;1-2/h2-6H,1H3;1H3. The van der Waals surface area contributed by atoms with E-state index in [9.17, 15) is 4.79 Å². The highest BCUT2D eigenvalue weighted by molar-refractivity contribution is 14.1. The molecule has 1 nitrogen and oxygen atoms in total. The second-order valence-corrected chi connectivity index (χ2v) is 2.03. The average Bonchev–Trinajstić information content (AvgIpc) is 2.10. The molecule has 0 aromatic heterocycles. The van der Waals surface area contributed by atoms with Crippen LogP contribution >= 0.6 is 22.6 Å². The second kappa shape index (κ2) is 6.34. The van der Waals surface area contributed by atoms with E-state index < -0.39 is 0 Å². The van der Waals surface area contributed by atoms with Crippen molar-refractivity contribution >= 4 is 28.9 Å². The van der Waals surface area contributed by atoms with Crippen molar-refractivity contribution in [3.8, 4) is 0 Å². The maximum absolute atomic E-state index is 10.1. The zero-order valence-corrected chi connectivity index (χ0v) is 8.83. The van der Waals surface area contributed by atoms with E-state index in [4.69, 9.17) is 0 Å². The lowest BCUT2D eigenvalue weighted by molar-refractivity contribution is 0.112. The first-order valence-corrected chi connectivity index (χ1v) is 5.38. The van der Waals surface area contributed by atoms with E-state index in [-0.39, 0.29) is 0 Å². The van der Waals surface area contributed by atoms with E-state index in [2.05, 4.69) is 22.6 Å². The lowest BCUT2D eigenvalue weighted by Gasteiger charge is -1.89. The van der Waals surface area contributed by atoms with Crippen molar-refractivity contribution in [3.63, 3.8) is 0 Å². The SMILES string of the molecule is CI.Cc1ccc(C=O)cc1. The molecule has 0 spiro atoms. The molecule has 0 aliphatic heterocycles. The molecule has 0 heterocycles. The van der Waals surface area contributed by atoms with Gasteiger partial charge in [-0.3, -0.25) is 4.79 Å². The summed E-state index contributed by atoms with van der Waals surface area (Å²) in [6.45, 7) is 1.99. The van der Waals surface area contributed by atoms with Gasteiger partial charge in [-0.15, -0.1) is 0 Å². The van der Waals surface area contributed by atoms with Gasteiger partial charge in [-0.2, -0.15) is 0 Å². The Hall–Kier alpha value is -0.380. The monoisotopic (exact) mass is 262 g/mol. The number of alkyl halides is 1. The molecule has 0 atom stereocenters. The highest BCUT2D eigenvalue weighted by Crippen LogP contribution is 1.98. The molecule has 60 valence electrons. The molecule has 11 heavy (non-hydrogen) atoms. The lowest BCUT2D eigenvalue weighted by Crippen LogP contribution is -1.77. The normalized spacial score (nSPS) is 7.91. The number of carbonyl (C=O) groups excluding carboxylic acids is 1. The van der Waals surface area contributed by atoms with Crippen LogP contribution in [0.25, 0.3) is 0 Å². The lowest BCUT2D eigenvalue weighted by atomic mass is 10.2. The predicted molar refractivity (Wildman–Crippen MR) is 56.5 cm³/mol. The Morgan fingerprint density at radius 2 is 1.64 bits per heavy atom. The minimum Gasteiger partial charge on any atom is -0.298 e. The van der Waals surface area contributed by atoms with Crippen LogP contribution in [0.2, 0.25) is 0 Å². The molecule has 1 rings (SSSR count). The van der Waals surface area contributed by atoms with Gasteiger partial charge in [0.2, 0.25) is 0 Å². The Morgan fingerprint density at radius 3 is 2.00 bits per heavy atom. The van der Waals surface area contributed by atoms with Crippen LogP contribution in [-0.4, -0.2) is 11.2 Å². The number of rotatable bonds is 1. The van der Waals surface area contributed by atoms with Crippen molar-refractivity contribution in [1.82, 2.24) is 0 Å². The Balaban J connectivity index is 0.000000461. The first-order valence-electron chi connectivity index (χ1n) is 3.22. The molecule has 0 saturated heterocycles. The zero-order valence-electron chi connectivity index (χ0n) is 6.67. The van der Waals surface area contributed by atoms with Gasteiger partial charge in [-0.05, 0) is 11.9 Å². The van der Waals surface area contributed by atoms with Crippen molar-refractivity contribution in [1.29, 1.82) is 0 Å². The fourth-order valence-electron chi connectivity index (χ4n) is 0.645. The van der Waals surface area contributed by atoms with Gasteiger partial charge in [0.1, 0.15) is 6.29 Å². The summed E-state index contributed by atoms with van der Waals surface area (Å²) in [6, 6.07) is 7.46. The fourth-order valence-corrected chi connectivity index (χ4v) is 0.645. The van der Waals surface area contributed by atoms with Gasteiger partial charge < -0.3 is 0 Å². The topological polar surface area (TPSA) is 17.1 Å². The number of aldehydes is 1. The molecular formula is C9H11IO. The highest BCUT2D eigenvalue weighted by Gasteiger charge is 1.85. The Kier molecular flexibility index (Phi) is 6.12. The number of benzene rings is 1. The molecule has 0 aliphatic rings. The Labute approximate surface area is 81.0 Å². The molecule has 1 aromatic rings. The van der Waals surface area contributed by atoms with Crippen molar-refractivity contribution in [3.05, 3.63) is 35.4 Å². The van der Waals surface area contributed by atoms with E-state index in [1.165, 1.54) is 5.56 Å². The van der Waals surface area contributed by atoms with Crippen molar-refractivity contribution in [2.75, 3.05) is 4.93 Å². The number of halogens is 1. The minimum absolute atomic E-state index is 0.737. The van der Waals surface area contributed by atoms with Crippen LogP contribution in [0.4, 0.5) is 0 Å². The first-order chi connectivity index (χ1) is 5.33.